The SMILES string of the molecule is CCC(C)CNc1nccc2c(Br)cccc12. The van der Waals surface area contributed by atoms with Crippen LogP contribution in [0, 0.1) is 5.92 Å². The topological polar surface area (TPSA) is 24.9 Å². The molecule has 0 saturated carbocycles. The molecule has 1 heterocycles. The number of hydrogen-bond acceptors (Lipinski definition) is 2. The van der Waals surface area contributed by atoms with Crippen LogP contribution < -0.4 is 5.32 Å². The van der Waals surface area contributed by atoms with Gasteiger partial charge in [0.15, 0.2) is 0 Å². The lowest BCUT2D eigenvalue weighted by Crippen LogP contribution is -2.11. The van der Waals surface area contributed by atoms with Gasteiger partial charge in [-0.25, -0.2) is 4.98 Å². The fourth-order valence-corrected chi connectivity index (χ4v) is 2.22. The van der Waals surface area contributed by atoms with Crippen LogP contribution in [0.15, 0.2) is 34.9 Å². The van der Waals surface area contributed by atoms with Crippen LogP contribution in [0.2, 0.25) is 0 Å². The average molecular weight is 293 g/mol. The van der Waals surface area contributed by atoms with Gasteiger partial charge in [0.05, 0.1) is 0 Å². The van der Waals surface area contributed by atoms with Crippen molar-refractivity contribution in [2.24, 2.45) is 5.92 Å². The number of halogens is 1. The summed E-state index contributed by atoms with van der Waals surface area (Å²) in [6.45, 7) is 5.42. The molecule has 0 aliphatic heterocycles. The number of aromatic nitrogens is 1. The molecule has 1 atom stereocenters. The first-order valence-electron chi connectivity index (χ1n) is 5.99. The van der Waals surface area contributed by atoms with Gasteiger partial charge in [0.25, 0.3) is 0 Å². The van der Waals surface area contributed by atoms with Gasteiger partial charge in [-0.1, -0.05) is 48.3 Å². The molecule has 2 nitrogen and oxygen atoms in total. The van der Waals surface area contributed by atoms with Crippen LogP contribution in [0.1, 0.15) is 20.3 Å². The molecule has 0 aliphatic rings. The summed E-state index contributed by atoms with van der Waals surface area (Å²) in [6.07, 6.45) is 3.04. The molecule has 0 amide bonds. The minimum atomic E-state index is 0.666. The molecular weight excluding hydrogens is 276 g/mol. The van der Waals surface area contributed by atoms with E-state index in [-0.39, 0.29) is 0 Å². The number of nitrogens with zero attached hydrogens (tertiary/aromatic N) is 1. The van der Waals surface area contributed by atoms with Crippen molar-refractivity contribution in [1.29, 1.82) is 0 Å². The Balaban J connectivity index is 2.31. The van der Waals surface area contributed by atoms with Gasteiger partial charge in [-0.15, -0.1) is 0 Å². The first-order chi connectivity index (χ1) is 8.22. The van der Waals surface area contributed by atoms with E-state index in [4.69, 9.17) is 0 Å². The van der Waals surface area contributed by atoms with Crippen molar-refractivity contribution in [2.45, 2.75) is 20.3 Å². The van der Waals surface area contributed by atoms with E-state index < -0.39 is 0 Å². The summed E-state index contributed by atoms with van der Waals surface area (Å²) in [5.41, 5.74) is 0. The molecule has 0 spiro atoms. The Hall–Kier alpha value is -1.09. The maximum absolute atomic E-state index is 4.42. The van der Waals surface area contributed by atoms with E-state index in [0.29, 0.717) is 5.92 Å². The predicted octanol–water partition coefficient (Wildman–Crippen LogP) is 4.46. The third-order valence-electron chi connectivity index (χ3n) is 3.07. The van der Waals surface area contributed by atoms with Gasteiger partial charge < -0.3 is 5.32 Å². The Morgan fingerprint density at radius 2 is 2.12 bits per heavy atom. The van der Waals surface area contributed by atoms with Crippen LogP contribution in [0.3, 0.4) is 0 Å². The standard InChI is InChI=1S/C14H17BrN2/c1-3-10(2)9-17-14-12-5-4-6-13(15)11(12)7-8-16-14/h4-8,10H,3,9H2,1-2H3,(H,16,17). The van der Waals surface area contributed by atoms with Gasteiger partial charge in [0.2, 0.25) is 0 Å². The van der Waals surface area contributed by atoms with E-state index in [9.17, 15) is 0 Å². The van der Waals surface area contributed by atoms with Crippen molar-refractivity contribution in [2.75, 3.05) is 11.9 Å². The molecular formula is C14H17BrN2. The zero-order valence-electron chi connectivity index (χ0n) is 10.2. The van der Waals surface area contributed by atoms with Gasteiger partial charge >= 0.3 is 0 Å². The number of benzene rings is 1. The fraction of sp³-hybridized carbons (Fsp3) is 0.357. The first-order valence-corrected chi connectivity index (χ1v) is 6.78. The van der Waals surface area contributed by atoms with Crippen LogP contribution in [-0.4, -0.2) is 11.5 Å². The Morgan fingerprint density at radius 3 is 2.88 bits per heavy atom. The number of fused-ring (bicyclic) bond motifs is 1. The zero-order chi connectivity index (χ0) is 12.3. The molecule has 0 bridgehead atoms. The van der Waals surface area contributed by atoms with Crippen LogP contribution in [0.4, 0.5) is 5.82 Å². The van der Waals surface area contributed by atoms with E-state index in [0.717, 1.165) is 16.8 Å². The first kappa shape index (κ1) is 12.4. The largest absolute Gasteiger partial charge is 0.369 e. The molecule has 90 valence electrons. The summed E-state index contributed by atoms with van der Waals surface area (Å²) in [5, 5.41) is 5.81. The van der Waals surface area contributed by atoms with Crippen LogP contribution in [0.5, 0.6) is 0 Å². The second-order valence-corrected chi connectivity index (χ2v) is 5.24. The van der Waals surface area contributed by atoms with Crippen LogP contribution in [-0.2, 0) is 0 Å². The van der Waals surface area contributed by atoms with Crippen molar-refractivity contribution in [3.05, 3.63) is 34.9 Å². The average Bonchev–Trinajstić information content (AvgIpc) is 2.36. The molecule has 0 radical (unpaired) electrons. The van der Waals surface area contributed by atoms with E-state index in [1.165, 1.54) is 17.2 Å². The van der Waals surface area contributed by atoms with Gasteiger partial charge in [0.1, 0.15) is 5.82 Å². The number of pyridine rings is 1. The second-order valence-electron chi connectivity index (χ2n) is 4.39. The maximum atomic E-state index is 4.42. The third-order valence-corrected chi connectivity index (χ3v) is 3.76. The van der Waals surface area contributed by atoms with Crippen molar-refractivity contribution in [3.63, 3.8) is 0 Å². The Bertz CT molecular complexity index is 511. The van der Waals surface area contributed by atoms with Crippen LogP contribution in [0.25, 0.3) is 10.8 Å². The lowest BCUT2D eigenvalue weighted by atomic mass is 10.1. The summed E-state index contributed by atoms with van der Waals surface area (Å²) in [6, 6.07) is 8.24. The molecule has 1 N–H and O–H groups in total. The molecule has 1 aromatic heterocycles. The molecule has 0 aliphatic carbocycles. The van der Waals surface area contributed by atoms with E-state index in [2.05, 4.69) is 52.2 Å². The normalized spacial score (nSPS) is 12.6. The molecule has 0 fully saturated rings. The molecule has 1 unspecified atom stereocenters. The summed E-state index contributed by atoms with van der Waals surface area (Å²) in [4.78, 5) is 4.42. The van der Waals surface area contributed by atoms with Crippen LogP contribution >= 0.6 is 15.9 Å². The van der Waals surface area contributed by atoms with Gasteiger partial charge in [0, 0.05) is 28.0 Å². The molecule has 2 aromatic rings. The molecule has 1 aromatic carbocycles. The summed E-state index contributed by atoms with van der Waals surface area (Å²) in [5.74, 6) is 1.64. The molecule has 17 heavy (non-hydrogen) atoms. The van der Waals surface area contributed by atoms with Crippen molar-refractivity contribution < 1.29 is 0 Å². The van der Waals surface area contributed by atoms with E-state index >= 15 is 0 Å². The summed E-state index contributed by atoms with van der Waals surface area (Å²) in [7, 11) is 0. The van der Waals surface area contributed by atoms with Crippen molar-refractivity contribution >= 4 is 32.5 Å². The highest BCUT2D eigenvalue weighted by Crippen LogP contribution is 2.27. The number of hydrogen-bond donors (Lipinski definition) is 1. The Labute approximate surface area is 111 Å². The van der Waals surface area contributed by atoms with Crippen molar-refractivity contribution in [1.82, 2.24) is 4.98 Å². The van der Waals surface area contributed by atoms with E-state index in [1.54, 1.807) is 0 Å². The predicted molar refractivity (Wildman–Crippen MR) is 77.4 cm³/mol. The van der Waals surface area contributed by atoms with Crippen molar-refractivity contribution in [3.8, 4) is 0 Å². The van der Waals surface area contributed by atoms with Gasteiger partial charge in [-0.2, -0.15) is 0 Å². The highest BCUT2D eigenvalue weighted by molar-refractivity contribution is 9.10. The maximum Gasteiger partial charge on any atom is 0.133 e. The lowest BCUT2D eigenvalue weighted by Gasteiger charge is -2.12. The molecule has 3 heteroatoms. The minimum absolute atomic E-state index is 0.666. The van der Waals surface area contributed by atoms with E-state index in [1.807, 2.05) is 18.3 Å². The molecule has 0 saturated heterocycles. The number of anilines is 1. The summed E-state index contributed by atoms with van der Waals surface area (Å²) < 4.78 is 1.11. The monoisotopic (exact) mass is 292 g/mol. The molecule has 2 rings (SSSR count). The second kappa shape index (κ2) is 5.50. The number of nitrogens with one attached hydrogen (secondary N) is 1. The summed E-state index contributed by atoms with van der Waals surface area (Å²) >= 11 is 3.57. The highest BCUT2D eigenvalue weighted by Gasteiger charge is 2.05. The smallest absolute Gasteiger partial charge is 0.133 e. The van der Waals surface area contributed by atoms with Gasteiger partial charge in [-0.3, -0.25) is 0 Å². The third kappa shape index (κ3) is 2.78. The minimum Gasteiger partial charge on any atom is -0.369 e. The number of rotatable bonds is 4. The quantitative estimate of drug-likeness (QED) is 0.900. The lowest BCUT2D eigenvalue weighted by molar-refractivity contribution is 0.593. The Morgan fingerprint density at radius 1 is 1.29 bits per heavy atom. The van der Waals surface area contributed by atoms with Gasteiger partial charge in [-0.05, 0) is 18.1 Å². The Kier molecular flexibility index (Phi) is 4.00. The fourth-order valence-electron chi connectivity index (χ4n) is 1.72. The zero-order valence-corrected chi connectivity index (χ0v) is 11.8. The highest BCUT2D eigenvalue weighted by atomic mass is 79.9.